The molecule has 0 heterocycles. The molecule has 2 N–H and O–H groups in total. The van der Waals surface area contributed by atoms with E-state index < -0.39 is 5.97 Å². The number of nitrogens with one attached hydrogen (secondary N) is 1. The molecule has 1 aromatic carbocycles. The van der Waals surface area contributed by atoms with Crippen LogP contribution in [0.5, 0.6) is 0 Å². The smallest absolute Gasteiger partial charge is 0.308 e. The number of hydrogen-bond donors (Lipinski definition) is 2. The summed E-state index contributed by atoms with van der Waals surface area (Å²) in [4.78, 5) is 10.8. The van der Waals surface area contributed by atoms with Gasteiger partial charge in [-0.3, -0.25) is 4.79 Å². The van der Waals surface area contributed by atoms with Crippen molar-refractivity contribution in [1.29, 1.82) is 0 Å². The number of carbonyl (C=O) groups is 1. The van der Waals surface area contributed by atoms with Crippen LogP contribution in [0.3, 0.4) is 0 Å². The van der Waals surface area contributed by atoms with Crippen LogP contribution in [-0.4, -0.2) is 17.1 Å². The number of anilines is 1. The second-order valence-corrected chi connectivity index (χ2v) is 4.72. The minimum atomic E-state index is -0.746. The zero-order valence-electron chi connectivity index (χ0n) is 8.41. The molecule has 1 aliphatic rings. The molecule has 0 aromatic heterocycles. The summed E-state index contributed by atoms with van der Waals surface area (Å²) in [5.41, 5.74) is 0.811. The van der Waals surface area contributed by atoms with E-state index in [-0.39, 0.29) is 12.0 Å². The number of carboxylic acid groups (broad SMARTS) is 1. The molecule has 0 spiro atoms. The largest absolute Gasteiger partial charge is 0.481 e. The first-order valence-electron chi connectivity index (χ1n) is 5.02. The Morgan fingerprint density at radius 3 is 2.56 bits per heavy atom. The summed E-state index contributed by atoms with van der Waals surface area (Å²) in [7, 11) is 0. The maximum Gasteiger partial charge on any atom is 0.308 e. The highest BCUT2D eigenvalue weighted by Gasteiger charge is 2.36. The Balaban J connectivity index is 2.04. The van der Waals surface area contributed by atoms with E-state index in [0.717, 1.165) is 18.5 Å². The van der Waals surface area contributed by atoms with Gasteiger partial charge in [0.15, 0.2) is 0 Å². The van der Waals surface area contributed by atoms with Gasteiger partial charge < -0.3 is 10.4 Å². The van der Waals surface area contributed by atoms with E-state index in [1.54, 1.807) is 18.2 Å². The Morgan fingerprint density at radius 2 is 2.06 bits per heavy atom. The summed E-state index contributed by atoms with van der Waals surface area (Å²) < 4.78 is 0. The van der Waals surface area contributed by atoms with Gasteiger partial charge in [-0.25, -0.2) is 0 Å². The SMILES string of the molecule is O=C(O)C1CCC1Nc1ccc(Cl)c(Cl)c1. The second-order valence-electron chi connectivity index (χ2n) is 3.90. The van der Waals surface area contributed by atoms with Crippen molar-refractivity contribution in [2.45, 2.75) is 18.9 Å². The number of hydrogen-bond acceptors (Lipinski definition) is 2. The van der Waals surface area contributed by atoms with E-state index in [0.29, 0.717) is 10.0 Å². The second kappa shape index (κ2) is 4.52. The van der Waals surface area contributed by atoms with Crippen molar-refractivity contribution in [3.8, 4) is 0 Å². The van der Waals surface area contributed by atoms with Crippen molar-refractivity contribution < 1.29 is 9.90 Å². The van der Waals surface area contributed by atoms with Gasteiger partial charge in [-0.05, 0) is 31.0 Å². The summed E-state index contributed by atoms with van der Waals surface area (Å²) in [6, 6.07) is 5.20. The third-order valence-electron chi connectivity index (χ3n) is 2.86. The lowest BCUT2D eigenvalue weighted by molar-refractivity contribution is -0.144. The van der Waals surface area contributed by atoms with Crippen LogP contribution in [0, 0.1) is 5.92 Å². The summed E-state index contributed by atoms with van der Waals surface area (Å²) >= 11 is 11.7. The number of halogens is 2. The van der Waals surface area contributed by atoms with Gasteiger partial charge in [0.05, 0.1) is 16.0 Å². The van der Waals surface area contributed by atoms with Gasteiger partial charge in [0.1, 0.15) is 0 Å². The summed E-state index contributed by atoms with van der Waals surface area (Å²) in [6.45, 7) is 0. The average Bonchev–Trinajstić information content (AvgIpc) is 2.17. The summed E-state index contributed by atoms with van der Waals surface area (Å²) in [5, 5.41) is 13.0. The van der Waals surface area contributed by atoms with Gasteiger partial charge in [-0.2, -0.15) is 0 Å². The van der Waals surface area contributed by atoms with Crippen LogP contribution in [0.25, 0.3) is 0 Å². The summed E-state index contributed by atoms with van der Waals surface area (Å²) in [6.07, 6.45) is 1.60. The van der Waals surface area contributed by atoms with Gasteiger partial charge in [0.2, 0.25) is 0 Å². The fourth-order valence-corrected chi connectivity index (χ4v) is 2.07. The Morgan fingerprint density at radius 1 is 1.31 bits per heavy atom. The van der Waals surface area contributed by atoms with Crippen molar-refractivity contribution in [1.82, 2.24) is 0 Å². The van der Waals surface area contributed by atoms with Crippen LogP contribution in [0.2, 0.25) is 10.0 Å². The van der Waals surface area contributed by atoms with E-state index in [1.807, 2.05) is 0 Å². The van der Waals surface area contributed by atoms with Crippen molar-refractivity contribution in [3.63, 3.8) is 0 Å². The molecule has 2 atom stereocenters. The molecular weight excluding hydrogens is 249 g/mol. The van der Waals surface area contributed by atoms with E-state index in [9.17, 15) is 4.79 Å². The third-order valence-corrected chi connectivity index (χ3v) is 3.60. The lowest BCUT2D eigenvalue weighted by Gasteiger charge is -2.34. The molecule has 1 fully saturated rings. The molecule has 1 aliphatic carbocycles. The van der Waals surface area contributed by atoms with Crippen LogP contribution >= 0.6 is 23.2 Å². The maximum atomic E-state index is 10.8. The van der Waals surface area contributed by atoms with Crippen molar-refractivity contribution in [3.05, 3.63) is 28.2 Å². The van der Waals surface area contributed by atoms with Crippen molar-refractivity contribution in [2.24, 2.45) is 5.92 Å². The summed E-state index contributed by atoms with van der Waals surface area (Å²) in [5.74, 6) is -1.04. The average molecular weight is 260 g/mol. The predicted octanol–water partition coefficient (Wildman–Crippen LogP) is 3.27. The highest BCUT2D eigenvalue weighted by Crippen LogP contribution is 2.32. The minimum absolute atomic E-state index is 0.00487. The number of benzene rings is 1. The van der Waals surface area contributed by atoms with Gasteiger partial charge in [0.25, 0.3) is 0 Å². The van der Waals surface area contributed by atoms with Crippen molar-refractivity contribution in [2.75, 3.05) is 5.32 Å². The molecule has 2 rings (SSSR count). The Labute approximate surface area is 103 Å². The van der Waals surface area contributed by atoms with Crippen molar-refractivity contribution >= 4 is 34.9 Å². The van der Waals surface area contributed by atoms with Crippen LogP contribution in [0.1, 0.15) is 12.8 Å². The standard InChI is InChI=1S/C11H11Cl2NO2/c12-8-3-1-6(5-9(8)13)14-10-4-2-7(10)11(15)16/h1,3,5,7,10,14H,2,4H2,(H,15,16). The quantitative estimate of drug-likeness (QED) is 0.876. The molecular formula is C11H11Cl2NO2. The van der Waals surface area contributed by atoms with Crippen LogP contribution < -0.4 is 5.32 Å². The van der Waals surface area contributed by atoms with Gasteiger partial charge in [0, 0.05) is 11.7 Å². The molecule has 0 radical (unpaired) electrons. The molecule has 0 aliphatic heterocycles. The molecule has 5 heteroatoms. The van der Waals surface area contributed by atoms with E-state index in [1.165, 1.54) is 0 Å². The topological polar surface area (TPSA) is 49.3 Å². The molecule has 0 amide bonds. The molecule has 1 saturated carbocycles. The van der Waals surface area contributed by atoms with Crippen LogP contribution in [0.15, 0.2) is 18.2 Å². The lowest BCUT2D eigenvalue weighted by Crippen LogP contribution is -2.42. The van der Waals surface area contributed by atoms with Crippen LogP contribution in [0.4, 0.5) is 5.69 Å². The molecule has 1 aromatic rings. The van der Waals surface area contributed by atoms with E-state index in [2.05, 4.69) is 5.32 Å². The Bertz CT molecular complexity index is 422. The number of aliphatic carboxylic acids is 1. The first-order valence-corrected chi connectivity index (χ1v) is 5.78. The zero-order chi connectivity index (χ0) is 11.7. The number of rotatable bonds is 3. The fourth-order valence-electron chi connectivity index (χ4n) is 1.77. The molecule has 0 saturated heterocycles. The maximum absolute atomic E-state index is 10.8. The van der Waals surface area contributed by atoms with E-state index in [4.69, 9.17) is 28.3 Å². The molecule has 86 valence electrons. The predicted molar refractivity (Wildman–Crippen MR) is 64.2 cm³/mol. The lowest BCUT2D eigenvalue weighted by atomic mass is 9.79. The molecule has 3 nitrogen and oxygen atoms in total. The highest BCUT2D eigenvalue weighted by molar-refractivity contribution is 6.42. The van der Waals surface area contributed by atoms with Gasteiger partial charge in [-0.15, -0.1) is 0 Å². The fraction of sp³-hybridized carbons (Fsp3) is 0.364. The Hall–Kier alpha value is -0.930. The number of carboxylic acids is 1. The Kier molecular flexibility index (Phi) is 3.26. The first-order chi connectivity index (χ1) is 7.58. The highest BCUT2D eigenvalue weighted by atomic mass is 35.5. The molecule has 16 heavy (non-hydrogen) atoms. The monoisotopic (exact) mass is 259 g/mol. The molecule has 2 unspecified atom stereocenters. The molecule has 0 bridgehead atoms. The third kappa shape index (κ3) is 2.25. The minimum Gasteiger partial charge on any atom is -0.481 e. The first kappa shape index (κ1) is 11.6. The van der Waals surface area contributed by atoms with Crippen LogP contribution in [-0.2, 0) is 4.79 Å². The van der Waals surface area contributed by atoms with Gasteiger partial charge in [-0.1, -0.05) is 23.2 Å². The van der Waals surface area contributed by atoms with Gasteiger partial charge >= 0.3 is 5.97 Å². The van der Waals surface area contributed by atoms with E-state index >= 15 is 0 Å². The normalized spacial score (nSPS) is 23.6. The zero-order valence-corrected chi connectivity index (χ0v) is 9.92.